The third kappa shape index (κ3) is 2.14. The van der Waals surface area contributed by atoms with Crippen molar-refractivity contribution in [3.05, 3.63) is 24.0 Å². The first kappa shape index (κ1) is 11.3. The maximum absolute atomic E-state index is 13.3. The summed E-state index contributed by atoms with van der Waals surface area (Å²) in [5, 5.41) is 0.0155. The zero-order valence-electron chi connectivity index (χ0n) is 8.81. The average Bonchev–Trinajstić information content (AvgIpc) is 2.57. The molecule has 1 aliphatic heterocycles. The van der Waals surface area contributed by atoms with Gasteiger partial charge in [-0.05, 0) is 6.07 Å². The van der Waals surface area contributed by atoms with Gasteiger partial charge >= 0.3 is 0 Å². The van der Waals surface area contributed by atoms with Gasteiger partial charge in [-0.2, -0.15) is 12.6 Å². The average molecular weight is 241 g/mol. The van der Waals surface area contributed by atoms with Gasteiger partial charge in [-0.15, -0.1) is 0 Å². The maximum atomic E-state index is 13.3. The molecule has 1 saturated heterocycles. The monoisotopic (exact) mass is 241 g/mol. The summed E-state index contributed by atoms with van der Waals surface area (Å²) in [6.45, 7) is 0.508. The third-order valence-electron chi connectivity index (χ3n) is 2.51. The van der Waals surface area contributed by atoms with Crippen LogP contribution in [0, 0.1) is 5.82 Å². The third-order valence-corrected chi connectivity index (χ3v) is 2.85. The second-order valence-corrected chi connectivity index (χ2v) is 4.44. The zero-order chi connectivity index (χ0) is 11.7. The van der Waals surface area contributed by atoms with E-state index < -0.39 is 5.82 Å². The van der Waals surface area contributed by atoms with Crippen molar-refractivity contribution in [3.63, 3.8) is 0 Å². The summed E-state index contributed by atoms with van der Waals surface area (Å²) in [4.78, 5) is 13.1. The molecule has 1 aromatic rings. The summed E-state index contributed by atoms with van der Waals surface area (Å²) in [6.07, 6.45) is 0.391. The van der Waals surface area contributed by atoms with Crippen LogP contribution in [-0.4, -0.2) is 24.8 Å². The quantitative estimate of drug-likeness (QED) is 0.801. The van der Waals surface area contributed by atoms with Crippen LogP contribution >= 0.6 is 12.6 Å². The van der Waals surface area contributed by atoms with Crippen LogP contribution in [0.2, 0.25) is 0 Å². The number of rotatable bonds is 2. The lowest BCUT2D eigenvalue weighted by Crippen LogP contribution is -2.24. The first-order chi connectivity index (χ1) is 7.60. The number of ether oxygens (including phenoxy) is 1. The van der Waals surface area contributed by atoms with Gasteiger partial charge < -0.3 is 9.64 Å². The Kier molecular flexibility index (Phi) is 3.05. The van der Waals surface area contributed by atoms with E-state index in [1.807, 2.05) is 0 Å². The molecule has 0 N–H and O–H groups in total. The van der Waals surface area contributed by atoms with Gasteiger partial charge in [-0.25, -0.2) is 4.39 Å². The number of carbonyl (C=O) groups is 1. The summed E-state index contributed by atoms with van der Waals surface area (Å²) in [6, 6.07) is 4.25. The van der Waals surface area contributed by atoms with Crippen LogP contribution in [0.25, 0.3) is 0 Å². The Morgan fingerprint density at radius 2 is 2.25 bits per heavy atom. The lowest BCUT2D eigenvalue weighted by molar-refractivity contribution is -0.117. The van der Waals surface area contributed by atoms with E-state index in [2.05, 4.69) is 12.6 Å². The molecule has 1 heterocycles. The second kappa shape index (κ2) is 4.33. The van der Waals surface area contributed by atoms with Crippen molar-refractivity contribution in [2.45, 2.75) is 11.7 Å². The number of hydrogen-bond donors (Lipinski definition) is 1. The summed E-state index contributed by atoms with van der Waals surface area (Å²) in [5.74, 6) is -0.0390. The Hall–Kier alpha value is -1.23. The molecule has 0 bridgehead atoms. The van der Waals surface area contributed by atoms with Crippen molar-refractivity contribution < 1.29 is 13.9 Å². The number of hydrogen-bond acceptors (Lipinski definition) is 3. The molecule has 1 unspecified atom stereocenters. The molecule has 2 rings (SSSR count). The van der Waals surface area contributed by atoms with E-state index in [1.165, 1.54) is 24.1 Å². The largest absolute Gasteiger partial charge is 0.497 e. The van der Waals surface area contributed by atoms with E-state index in [1.54, 1.807) is 6.07 Å². The van der Waals surface area contributed by atoms with E-state index in [4.69, 9.17) is 4.74 Å². The van der Waals surface area contributed by atoms with E-state index in [9.17, 15) is 9.18 Å². The van der Waals surface area contributed by atoms with Crippen molar-refractivity contribution in [2.24, 2.45) is 0 Å². The van der Waals surface area contributed by atoms with Crippen LogP contribution in [0.3, 0.4) is 0 Å². The fourth-order valence-corrected chi connectivity index (χ4v) is 2.08. The number of methoxy groups -OCH3 is 1. The Bertz CT molecular complexity index is 424. The van der Waals surface area contributed by atoms with Crippen molar-refractivity contribution in [3.8, 4) is 5.75 Å². The van der Waals surface area contributed by atoms with Gasteiger partial charge in [0.1, 0.15) is 11.6 Å². The summed E-state index contributed by atoms with van der Waals surface area (Å²) < 4.78 is 18.2. The van der Waals surface area contributed by atoms with E-state index >= 15 is 0 Å². The molecule has 0 aromatic heterocycles. The number of nitrogens with zero attached hydrogens (tertiary/aromatic N) is 1. The van der Waals surface area contributed by atoms with Crippen molar-refractivity contribution in [1.29, 1.82) is 0 Å². The smallest absolute Gasteiger partial charge is 0.228 e. The van der Waals surface area contributed by atoms with Crippen molar-refractivity contribution in [1.82, 2.24) is 0 Å². The lowest BCUT2D eigenvalue weighted by Gasteiger charge is -2.16. The maximum Gasteiger partial charge on any atom is 0.228 e. The van der Waals surface area contributed by atoms with Gasteiger partial charge in [-0.1, -0.05) is 0 Å². The molecule has 1 aromatic carbocycles. The van der Waals surface area contributed by atoms with Gasteiger partial charge in [0.25, 0.3) is 0 Å². The van der Waals surface area contributed by atoms with Crippen LogP contribution < -0.4 is 9.64 Å². The van der Waals surface area contributed by atoms with Gasteiger partial charge in [0.2, 0.25) is 5.91 Å². The minimum atomic E-state index is -0.412. The Balaban J connectivity index is 2.33. The predicted molar refractivity (Wildman–Crippen MR) is 62.7 cm³/mol. The predicted octanol–water partition coefficient (Wildman–Crippen LogP) is 1.87. The second-order valence-electron chi connectivity index (χ2n) is 3.71. The van der Waals surface area contributed by atoms with Crippen LogP contribution in [-0.2, 0) is 4.79 Å². The molecule has 86 valence electrons. The molecule has 0 aliphatic carbocycles. The van der Waals surface area contributed by atoms with Crippen molar-refractivity contribution >= 4 is 24.2 Å². The fourth-order valence-electron chi connectivity index (χ4n) is 1.76. The molecular weight excluding hydrogens is 229 g/mol. The Morgan fingerprint density at radius 3 is 2.81 bits per heavy atom. The normalized spacial score (nSPS) is 20.3. The first-order valence-electron chi connectivity index (χ1n) is 4.93. The number of carbonyl (C=O) groups excluding carboxylic acids is 1. The number of anilines is 1. The Morgan fingerprint density at radius 1 is 1.50 bits per heavy atom. The highest BCUT2D eigenvalue weighted by atomic mass is 32.1. The molecular formula is C11H12FNO2S. The minimum absolute atomic E-state index is 0.0155. The van der Waals surface area contributed by atoms with Crippen molar-refractivity contribution in [2.75, 3.05) is 18.6 Å². The van der Waals surface area contributed by atoms with E-state index in [0.29, 0.717) is 24.4 Å². The van der Waals surface area contributed by atoms with Gasteiger partial charge in [0.15, 0.2) is 0 Å². The van der Waals surface area contributed by atoms with Crippen LogP contribution in [0.15, 0.2) is 18.2 Å². The highest BCUT2D eigenvalue weighted by molar-refractivity contribution is 7.81. The van der Waals surface area contributed by atoms with E-state index in [0.717, 1.165) is 0 Å². The number of amides is 1. The standard InChI is InChI=1S/C11H12FNO2S/c1-15-9-3-7(12)2-8(4-9)13-6-10(16)5-11(13)14/h2-4,10,16H,5-6H2,1H3. The summed E-state index contributed by atoms with van der Waals surface area (Å²) in [5.41, 5.74) is 0.526. The molecule has 1 fully saturated rings. The zero-order valence-corrected chi connectivity index (χ0v) is 9.71. The van der Waals surface area contributed by atoms with Crippen LogP contribution in [0.1, 0.15) is 6.42 Å². The van der Waals surface area contributed by atoms with E-state index in [-0.39, 0.29) is 11.2 Å². The van der Waals surface area contributed by atoms with Gasteiger partial charge in [0, 0.05) is 30.3 Å². The van der Waals surface area contributed by atoms with Gasteiger partial charge in [-0.3, -0.25) is 4.79 Å². The lowest BCUT2D eigenvalue weighted by atomic mass is 10.2. The molecule has 1 atom stereocenters. The number of benzene rings is 1. The molecule has 0 radical (unpaired) electrons. The highest BCUT2D eigenvalue weighted by Crippen LogP contribution is 2.28. The number of thiol groups is 1. The molecule has 1 amide bonds. The molecule has 0 spiro atoms. The topological polar surface area (TPSA) is 29.5 Å². The first-order valence-corrected chi connectivity index (χ1v) is 5.45. The minimum Gasteiger partial charge on any atom is -0.497 e. The molecule has 1 aliphatic rings. The molecule has 3 nitrogen and oxygen atoms in total. The molecule has 16 heavy (non-hydrogen) atoms. The SMILES string of the molecule is COc1cc(F)cc(N2CC(S)CC2=O)c1. The van der Waals surface area contributed by atoms with Crippen LogP contribution in [0.5, 0.6) is 5.75 Å². The number of halogens is 1. The fraction of sp³-hybridized carbons (Fsp3) is 0.364. The summed E-state index contributed by atoms with van der Waals surface area (Å²) >= 11 is 4.25. The molecule has 0 saturated carbocycles. The molecule has 5 heteroatoms. The van der Waals surface area contributed by atoms with Gasteiger partial charge in [0.05, 0.1) is 12.8 Å². The van der Waals surface area contributed by atoms with Crippen LogP contribution in [0.4, 0.5) is 10.1 Å². The summed E-state index contributed by atoms with van der Waals surface area (Å²) in [7, 11) is 1.46. The highest BCUT2D eigenvalue weighted by Gasteiger charge is 2.28. The Labute approximate surface area is 98.6 Å².